The Labute approximate surface area is 93.0 Å². The summed E-state index contributed by atoms with van der Waals surface area (Å²) in [6.45, 7) is 8.88. The van der Waals surface area contributed by atoms with E-state index in [9.17, 15) is 0 Å². The van der Waals surface area contributed by atoms with Crippen molar-refractivity contribution in [3.63, 3.8) is 0 Å². The summed E-state index contributed by atoms with van der Waals surface area (Å²) in [6, 6.07) is 2.37. The van der Waals surface area contributed by atoms with Crippen molar-refractivity contribution < 1.29 is 0 Å². The molecule has 80 valence electrons. The quantitative estimate of drug-likeness (QED) is 0.637. The van der Waals surface area contributed by atoms with Crippen molar-refractivity contribution in [2.75, 3.05) is 0 Å². The van der Waals surface area contributed by atoms with Crippen LogP contribution in [0, 0.1) is 13.8 Å². The van der Waals surface area contributed by atoms with E-state index >= 15 is 0 Å². The molecule has 1 aliphatic rings. The van der Waals surface area contributed by atoms with Crippen LogP contribution in [0.25, 0.3) is 5.57 Å². The molecule has 1 aliphatic carbocycles. The summed E-state index contributed by atoms with van der Waals surface area (Å²) in [4.78, 5) is 0. The first-order chi connectivity index (χ1) is 7.15. The van der Waals surface area contributed by atoms with Gasteiger partial charge in [0.05, 0.1) is 0 Å². The molecule has 0 saturated carbocycles. The van der Waals surface area contributed by atoms with Crippen LogP contribution in [0.4, 0.5) is 0 Å². The van der Waals surface area contributed by atoms with Gasteiger partial charge < -0.3 is 0 Å². The van der Waals surface area contributed by atoms with Gasteiger partial charge >= 0.3 is 0 Å². The number of hydrogen-bond donors (Lipinski definition) is 0. The topological polar surface area (TPSA) is 0 Å². The molecule has 0 N–H and O–H groups in total. The van der Waals surface area contributed by atoms with Gasteiger partial charge in [0.1, 0.15) is 0 Å². The van der Waals surface area contributed by atoms with Gasteiger partial charge in [0, 0.05) is 0 Å². The van der Waals surface area contributed by atoms with Crippen molar-refractivity contribution in [1.82, 2.24) is 0 Å². The molecular weight excluding hydrogens is 180 g/mol. The standard InChI is InChI=1S/C15H20/c1-5-10(2)15-9-11(3)13-7-6-8-14(13)12(15)4/h5,9H,6-8H2,1-4H3/b10-5+. The second-order valence-corrected chi connectivity index (χ2v) is 4.65. The molecule has 0 unspecified atom stereocenters. The molecule has 0 radical (unpaired) electrons. The van der Waals surface area contributed by atoms with E-state index in [0.29, 0.717) is 0 Å². The Morgan fingerprint density at radius 3 is 2.53 bits per heavy atom. The third-order valence-electron chi connectivity index (χ3n) is 3.77. The Balaban J connectivity index is 2.65. The van der Waals surface area contributed by atoms with Crippen LogP contribution >= 0.6 is 0 Å². The summed E-state index contributed by atoms with van der Waals surface area (Å²) in [5.41, 5.74) is 9.13. The molecule has 0 aromatic heterocycles. The molecule has 1 aromatic rings. The lowest BCUT2D eigenvalue weighted by atomic mass is 9.91. The summed E-state index contributed by atoms with van der Waals surface area (Å²) < 4.78 is 0. The molecule has 0 saturated heterocycles. The minimum atomic E-state index is 1.28. The van der Waals surface area contributed by atoms with Crippen LogP contribution in [0.1, 0.15) is 48.1 Å². The molecule has 0 amide bonds. The SMILES string of the molecule is C/C=C(\C)c1cc(C)c2c(c1C)CCC2. The van der Waals surface area contributed by atoms with Gasteiger partial charge in [0.15, 0.2) is 0 Å². The van der Waals surface area contributed by atoms with Gasteiger partial charge in [0.2, 0.25) is 0 Å². The molecule has 0 fully saturated rings. The zero-order valence-electron chi connectivity index (χ0n) is 10.3. The smallest absolute Gasteiger partial charge is 0.0196 e. The van der Waals surface area contributed by atoms with Crippen molar-refractivity contribution in [3.05, 3.63) is 40.0 Å². The van der Waals surface area contributed by atoms with Crippen molar-refractivity contribution >= 4 is 5.57 Å². The first-order valence-corrected chi connectivity index (χ1v) is 5.90. The Morgan fingerprint density at radius 2 is 1.87 bits per heavy atom. The van der Waals surface area contributed by atoms with E-state index in [0.717, 1.165) is 0 Å². The average Bonchev–Trinajstić information content (AvgIpc) is 2.71. The highest BCUT2D eigenvalue weighted by Gasteiger charge is 2.17. The molecule has 0 spiro atoms. The molecule has 0 heterocycles. The molecule has 0 nitrogen and oxygen atoms in total. The summed E-state index contributed by atoms with van der Waals surface area (Å²) in [6.07, 6.45) is 6.13. The van der Waals surface area contributed by atoms with Gasteiger partial charge in [-0.1, -0.05) is 12.1 Å². The maximum absolute atomic E-state index is 2.37. The summed E-state index contributed by atoms with van der Waals surface area (Å²) in [5.74, 6) is 0. The fourth-order valence-electron chi connectivity index (χ4n) is 2.73. The normalized spacial score (nSPS) is 15.6. The molecule has 0 atom stereocenters. The van der Waals surface area contributed by atoms with Gasteiger partial charge in [-0.3, -0.25) is 0 Å². The third-order valence-corrected chi connectivity index (χ3v) is 3.77. The first kappa shape index (κ1) is 10.5. The van der Waals surface area contributed by atoms with Crippen LogP contribution in [0.3, 0.4) is 0 Å². The lowest BCUT2D eigenvalue weighted by Crippen LogP contribution is -1.97. The van der Waals surface area contributed by atoms with E-state index in [4.69, 9.17) is 0 Å². The molecule has 15 heavy (non-hydrogen) atoms. The van der Waals surface area contributed by atoms with Gasteiger partial charge in [-0.05, 0) is 80.3 Å². The number of rotatable bonds is 1. The van der Waals surface area contributed by atoms with Gasteiger partial charge in [-0.15, -0.1) is 0 Å². The van der Waals surface area contributed by atoms with E-state index < -0.39 is 0 Å². The Bertz CT molecular complexity index is 422. The molecule has 0 aliphatic heterocycles. The van der Waals surface area contributed by atoms with Crippen molar-refractivity contribution in [2.45, 2.75) is 47.0 Å². The maximum Gasteiger partial charge on any atom is -0.0196 e. The lowest BCUT2D eigenvalue weighted by molar-refractivity contribution is 0.907. The van der Waals surface area contributed by atoms with Crippen LogP contribution in [-0.4, -0.2) is 0 Å². The van der Waals surface area contributed by atoms with E-state index in [1.54, 1.807) is 11.1 Å². The Hall–Kier alpha value is -1.04. The number of hydrogen-bond acceptors (Lipinski definition) is 0. The summed E-state index contributed by atoms with van der Waals surface area (Å²) >= 11 is 0. The van der Waals surface area contributed by atoms with E-state index in [2.05, 4.69) is 39.8 Å². The number of fused-ring (bicyclic) bond motifs is 1. The second kappa shape index (κ2) is 3.84. The number of allylic oxidation sites excluding steroid dienone is 2. The van der Waals surface area contributed by atoms with Crippen molar-refractivity contribution in [2.24, 2.45) is 0 Å². The fraction of sp³-hybridized carbons (Fsp3) is 0.467. The van der Waals surface area contributed by atoms with Crippen molar-refractivity contribution in [1.29, 1.82) is 0 Å². The third kappa shape index (κ3) is 1.62. The predicted molar refractivity (Wildman–Crippen MR) is 67.3 cm³/mol. The summed E-state index contributed by atoms with van der Waals surface area (Å²) in [7, 11) is 0. The fourth-order valence-corrected chi connectivity index (χ4v) is 2.73. The number of benzene rings is 1. The lowest BCUT2D eigenvalue weighted by Gasteiger charge is -2.14. The maximum atomic E-state index is 2.37. The van der Waals surface area contributed by atoms with Crippen LogP contribution in [0.2, 0.25) is 0 Å². The minimum absolute atomic E-state index is 1.28. The Morgan fingerprint density at radius 1 is 1.20 bits per heavy atom. The number of aryl methyl sites for hydroxylation is 1. The van der Waals surface area contributed by atoms with Crippen LogP contribution in [0.15, 0.2) is 12.1 Å². The van der Waals surface area contributed by atoms with Crippen LogP contribution in [0.5, 0.6) is 0 Å². The van der Waals surface area contributed by atoms with Gasteiger partial charge in [-0.25, -0.2) is 0 Å². The monoisotopic (exact) mass is 200 g/mol. The molecular formula is C15H20. The second-order valence-electron chi connectivity index (χ2n) is 4.65. The Kier molecular flexibility index (Phi) is 2.68. The molecule has 2 rings (SSSR count). The highest BCUT2D eigenvalue weighted by molar-refractivity contribution is 5.69. The van der Waals surface area contributed by atoms with Gasteiger partial charge in [0.25, 0.3) is 0 Å². The first-order valence-electron chi connectivity index (χ1n) is 5.90. The van der Waals surface area contributed by atoms with Crippen LogP contribution < -0.4 is 0 Å². The van der Waals surface area contributed by atoms with Crippen molar-refractivity contribution in [3.8, 4) is 0 Å². The van der Waals surface area contributed by atoms with Crippen LogP contribution in [-0.2, 0) is 12.8 Å². The summed E-state index contributed by atoms with van der Waals surface area (Å²) in [5, 5.41) is 0. The van der Waals surface area contributed by atoms with E-state index in [1.165, 1.54) is 41.5 Å². The zero-order chi connectivity index (χ0) is 11.0. The highest BCUT2D eigenvalue weighted by Crippen LogP contribution is 2.33. The average molecular weight is 200 g/mol. The molecule has 0 bridgehead atoms. The largest absolute Gasteiger partial charge is 0.0841 e. The van der Waals surface area contributed by atoms with E-state index in [1.807, 2.05) is 0 Å². The zero-order valence-corrected chi connectivity index (χ0v) is 10.3. The van der Waals surface area contributed by atoms with Gasteiger partial charge in [-0.2, -0.15) is 0 Å². The van der Waals surface area contributed by atoms with E-state index in [-0.39, 0.29) is 0 Å². The highest BCUT2D eigenvalue weighted by atomic mass is 14.2. The predicted octanol–water partition coefficient (Wildman–Crippen LogP) is 4.22. The minimum Gasteiger partial charge on any atom is -0.0841 e. The molecule has 1 aromatic carbocycles. The molecule has 0 heteroatoms.